The zero-order valence-corrected chi connectivity index (χ0v) is 10.9. The number of hydrogen-bond donors (Lipinski definition) is 1. The van der Waals surface area contributed by atoms with E-state index >= 15 is 0 Å². The number of nitriles is 2. The fourth-order valence-corrected chi connectivity index (χ4v) is 1.57. The molecular formula is C14H17N3O2. The minimum atomic E-state index is -0.649. The molecule has 0 aliphatic rings. The van der Waals surface area contributed by atoms with E-state index in [1.54, 1.807) is 24.3 Å². The Kier molecular flexibility index (Phi) is 6.38. The van der Waals surface area contributed by atoms with Gasteiger partial charge in [-0.2, -0.15) is 10.5 Å². The number of hydrogen-bond acceptors (Lipinski definition) is 5. The summed E-state index contributed by atoms with van der Waals surface area (Å²) in [5.74, 6) is 0.612. The number of aliphatic hydroxyl groups is 1. The molecule has 0 saturated carbocycles. The molecule has 1 N–H and O–H groups in total. The van der Waals surface area contributed by atoms with Crippen molar-refractivity contribution in [2.24, 2.45) is 0 Å². The van der Waals surface area contributed by atoms with E-state index < -0.39 is 6.10 Å². The molecule has 0 aliphatic heterocycles. The van der Waals surface area contributed by atoms with E-state index in [2.05, 4.69) is 6.07 Å². The molecule has 0 amide bonds. The van der Waals surface area contributed by atoms with Crippen LogP contribution in [-0.2, 0) is 0 Å². The molecule has 0 aromatic heterocycles. The van der Waals surface area contributed by atoms with Crippen LogP contribution in [0.15, 0.2) is 24.3 Å². The Balaban J connectivity index is 2.39. The maximum absolute atomic E-state index is 9.81. The van der Waals surface area contributed by atoms with Crippen LogP contribution < -0.4 is 4.74 Å². The first-order valence-corrected chi connectivity index (χ1v) is 6.10. The van der Waals surface area contributed by atoms with Crippen molar-refractivity contribution in [2.75, 3.05) is 26.2 Å². The first-order chi connectivity index (χ1) is 9.19. The minimum absolute atomic E-state index is 0.161. The fraction of sp³-hybridized carbons (Fsp3) is 0.429. The van der Waals surface area contributed by atoms with Gasteiger partial charge >= 0.3 is 0 Å². The van der Waals surface area contributed by atoms with E-state index in [9.17, 15) is 5.11 Å². The molecule has 1 rings (SSSR count). The fourth-order valence-electron chi connectivity index (χ4n) is 1.57. The second-order valence-electron chi connectivity index (χ2n) is 4.09. The summed E-state index contributed by atoms with van der Waals surface area (Å²) in [5.41, 5.74) is 0.569. The molecule has 5 nitrogen and oxygen atoms in total. The molecular weight excluding hydrogens is 242 g/mol. The third-order valence-corrected chi connectivity index (χ3v) is 2.64. The number of ether oxygens (including phenoxy) is 1. The predicted octanol–water partition coefficient (Wildman–Crippen LogP) is 1.14. The highest BCUT2D eigenvalue weighted by Gasteiger charge is 2.10. The quantitative estimate of drug-likeness (QED) is 0.743. The van der Waals surface area contributed by atoms with E-state index in [0.717, 1.165) is 0 Å². The highest BCUT2D eigenvalue weighted by atomic mass is 16.5. The summed E-state index contributed by atoms with van der Waals surface area (Å²) in [5, 5.41) is 27.1. The highest BCUT2D eigenvalue weighted by Crippen LogP contribution is 2.11. The summed E-state index contributed by atoms with van der Waals surface area (Å²) in [6.07, 6.45) is -0.649. The van der Waals surface area contributed by atoms with E-state index in [1.165, 1.54) is 0 Å². The zero-order chi connectivity index (χ0) is 14.1. The number of aliphatic hydroxyl groups excluding tert-OH is 1. The monoisotopic (exact) mass is 259 g/mol. The van der Waals surface area contributed by atoms with Crippen LogP contribution in [0.3, 0.4) is 0 Å². The minimum Gasteiger partial charge on any atom is -0.491 e. The van der Waals surface area contributed by atoms with E-state index in [1.807, 2.05) is 17.9 Å². The Morgan fingerprint density at radius 3 is 2.53 bits per heavy atom. The van der Waals surface area contributed by atoms with Crippen LogP contribution in [-0.4, -0.2) is 42.4 Å². The Morgan fingerprint density at radius 2 is 2.00 bits per heavy atom. The first kappa shape index (κ1) is 15.0. The van der Waals surface area contributed by atoms with Gasteiger partial charge in [0.15, 0.2) is 0 Å². The van der Waals surface area contributed by atoms with Gasteiger partial charge in [0.25, 0.3) is 0 Å². The van der Waals surface area contributed by atoms with Gasteiger partial charge in [0.05, 0.1) is 24.2 Å². The number of benzene rings is 1. The number of likely N-dealkylation sites (N-methyl/N-ethyl adjacent to an activating group) is 1. The van der Waals surface area contributed by atoms with Crippen molar-refractivity contribution in [1.82, 2.24) is 4.90 Å². The molecule has 0 saturated heterocycles. The zero-order valence-electron chi connectivity index (χ0n) is 10.9. The lowest BCUT2D eigenvalue weighted by Gasteiger charge is -2.20. The van der Waals surface area contributed by atoms with Crippen LogP contribution in [0.25, 0.3) is 0 Å². The molecule has 1 aromatic rings. The molecule has 19 heavy (non-hydrogen) atoms. The normalized spacial score (nSPS) is 11.6. The number of rotatable bonds is 7. The molecule has 0 spiro atoms. The summed E-state index contributed by atoms with van der Waals surface area (Å²) in [6.45, 7) is 3.51. The van der Waals surface area contributed by atoms with Gasteiger partial charge in [0.2, 0.25) is 0 Å². The SMILES string of the molecule is CCN(CC#N)CC(O)COc1ccc(C#N)cc1. The largest absolute Gasteiger partial charge is 0.491 e. The van der Waals surface area contributed by atoms with Crippen molar-refractivity contribution in [3.8, 4) is 17.9 Å². The predicted molar refractivity (Wildman–Crippen MR) is 70.4 cm³/mol. The van der Waals surface area contributed by atoms with Crippen molar-refractivity contribution in [3.05, 3.63) is 29.8 Å². The standard InChI is InChI=1S/C14H17N3O2/c1-2-17(8-7-15)10-13(18)11-19-14-5-3-12(9-16)4-6-14/h3-6,13,18H,2,8,10-11H2,1H3. The lowest BCUT2D eigenvalue weighted by Crippen LogP contribution is -2.35. The Labute approximate surface area is 113 Å². The molecule has 0 radical (unpaired) electrons. The van der Waals surface area contributed by atoms with Gasteiger partial charge in [-0.25, -0.2) is 0 Å². The maximum Gasteiger partial charge on any atom is 0.119 e. The van der Waals surface area contributed by atoms with Gasteiger partial charge in [-0.3, -0.25) is 4.90 Å². The summed E-state index contributed by atoms with van der Waals surface area (Å²) in [4.78, 5) is 1.84. The average Bonchev–Trinajstić information content (AvgIpc) is 2.45. The van der Waals surface area contributed by atoms with Gasteiger partial charge < -0.3 is 9.84 Å². The van der Waals surface area contributed by atoms with E-state index in [-0.39, 0.29) is 6.61 Å². The third-order valence-electron chi connectivity index (χ3n) is 2.64. The van der Waals surface area contributed by atoms with Crippen molar-refractivity contribution in [3.63, 3.8) is 0 Å². The molecule has 0 fully saturated rings. The first-order valence-electron chi connectivity index (χ1n) is 6.10. The average molecular weight is 259 g/mol. The second-order valence-corrected chi connectivity index (χ2v) is 4.09. The molecule has 1 aromatic carbocycles. The van der Waals surface area contributed by atoms with Crippen molar-refractivity contribution in [1.29, 1.82) is 10.5 Å². The summed E-state index contributed by atoms with van der Waals surface area (Å²) < 4.78 is 5.42. The Morgan fingerprint density at radius 1 is 1.32 bits per heavy atom. The summed E-state index contributed by atoms with van der Waals surface area (Å²) >= 11 is 0. The van der Waals surface area contributed by atoms with Gasteiger partial charge in [-0.05, 0) is 30.8 Å². The second kappa shape index (κ2) is 8.10. The molecule has 1 unspecified atom stereocenters. The molecule has 5 heteroatoms. The Bertz CT molecular complexity index is 459. The third kappa shape index (κ3) is 5.39. The van der Waals surface area contributed by atoms with Gasteiger partial charge in [-0.1, -0.05) is 6.92 Å². The summed E-state index contributed by atoms with van der Waals surface area (Å²) in [6, 6.07) is 10.8. The summed E-state index contributed by atoms with van der Waals surface area (Å²) in [7, 11) is 0. The molecule has 0 bridgehead atoms. The van der Waals surface area contributed by atoms with Crippen LogP contribution in [0, 0.1) is 22.7 Å². The Hall–Kier alpha value is -2.08. The van der Waals surface area contributed by atoms with E-state index in [0.29, 0.717) is 30.9 Å². The van der Waals surface area contributed by atoms with Crippen LogP contribution >= 0.6 is 0 Å². The lowest BCUT2D eigenvalue weighted by atomic mass is 10.2. The number of nitrogens with zero attached hydrogens (tertiary/aromatic N) is 3. The van der Waals surface area contributed by atoms with Crippen molar-refractivity contribution in [2.45, 2.75) is 13.0 Å². The molecule has 0 aliphatic carbocycles. The van der Waals surface area contributed by atoms with Crippen LogP contribution in [0.1, 0.15) is 12.5 Å². The van der Waals surface area contributed by atoms with Crippen molar-refractivity contribution < 1.29 is 9.84 Å². The van der Waals surface area contributed by atoms with Crippen LogP contribution in [0.5, 0.6) is 5.75 Å². The van der Waals surface area contributed by atoms with Crippen molar-refractivity contribution >= 4 is 0 Å². The molecule has 0 heterocycles. The van der Waals surface area contributed by atoms with E-state index in [4.69, 9.17) is 15.3 Å². The van der Waals surface area contributed by atoms with Gasteiger partial charge in [0.1, 0.15) is 18.5 Å². The van der Waals surface area contributed by atoms with Crippen LogP contribution in [0.4, 0.5) is 0 Å². The van der Waals surface area contributed by atoms with Gasteiger partial charge in [0, 0.05) is 6.54 Å². The van der Waals surface area contributed by atoms with Crippen LogP contribution in [0.2, 0.25) is 0 Å². The smallest absolute Gasteiger partial charge is 0.119 e. The topological polar surface area (TPSA) is 80.3 Å². The molecule has 100 valence electrons. The maximum atomic E-state index is 9.81. The van der Waals surface area contributed by atoms with Gasteiger partial charge in [-0.15, -0.1) is 0 Å². The highest BCUT2D eigenvalue weighted by molar-refractivity contribution is 5.34. The molecule has 1 atom stereocenters. The lowest BCUT2D eigenvalue weighted by molar-refractivity contribution is 0.0740.